The first-order chi connectivity index (χ1) is 12.7. The van der Waals surface area contributed by atoms with Crippen molar-refractivity contribution < 1.29 is 14.3 Å². The van der Waals surface area contributed by atoms with Gasteiger partial charge in [0.1, 0.15) is 11.5 Å². The molecule has 2 heterocycles. The van der Waals surface area contributed by atoms with Crippen LogP contribution in [0.2, 0.25) is 0 Å². The first kappa shape index (κ1) is 17.4. The van der Waals surface area contributed by atoms with Crippen LogP contribution in [0, 0.1) is 0 Å². The summed E-state index contributed by atoms with van der Waals surface area (Å²) in [5, 5.41) is 9.52. The largest absolute Gasteiger partial charge is 0.497 e. The predicted molar refractivity (Wildman–Crippen MR) is 96.1 cm³/mol. The van der Waals surface area contributed by atoms with E-state index >= 15 is 0 Å². The first-order valence-electron chi connectivity index (χ1n) is 8.04. The minimum atomic E-state index is -0.178. The van der Waals surface area contributed by atoms with Gasteiger partial charge in [-0.25, -0.2) is 0 Å². The standard InChI is InChI=1S/C18H19N5O3/c1-25-13-7-8-14(15(11-13)26-2)17-21-18(23-22-17)20-16(24)9-6-12-5-3-4-10-19-12/h3-5,7-8,10-11H,6,9H2,1-2H3,(H2,20,21,22,23,24). The molecule has 0 aliphatic carbocycles. The van der Waals surface area contributed by atoms with Crippen LogP contribution in [0.3, 0.4) is 0 Å². The van der Waals surface area contributed by atoms with Crippen LogP contribution in [-0.2, 0) is 11.2 Å². The number of hydrogen-bond donors (Lipinski definition) is 2. The van der Waals surface area contributed by atoms with E-state index < -0.39 is 0 Å². The number of aromatic amines is 1. The highest BCUT2D eigenvalue weighted by atomic mass is 16.5. The number of carbonyl (C=O) groups is 1. The van der Waals surface area contributed by atoms with Crippen LogP contribution in [0.15, 0.2) is 42.6 Å². The number of nitrogens with one attached hydrogen (secondary N) is 2. The molecule has 0 aliphatic heterocycles. The summed E-state index contributed by atoms with van der Waals surface area (Å²) < 4.78 is 10.5. The smallest absolute Gasteiger partial charge is 0.249 e. The van der Waals surface area contributed by atoms with E-state index in [-0.39, 0.29) is 11.9 Å². The number of nitrogens with zero attached hydrogens (tertiary/aromatic N) is 3. The van der Waals surface area contributed by atoms with E-state index in [1.165, 1.54) is 0 Å². The number of hydrogen-bond acceptors (Lipinski definition) is 6. The zero-order valence-corrected chi connectivity index (χ0v) is 14.5. The van der Waals surface area contributed by atoms with Gasteiger partial charge in [0.25, 0.3) is 0 Å². The average molecular weight is 353 g/mol. The highest BCUT2D eigenvalue weighted by molar-refractivity contribution is 5.89. The third kappa shape index (κ3) is 4.15. The zero-order chi connectivity index (χ0) is 18.4. The van der Waals surface area contributed by atoms with Crippen molar-refractivity contribution in [2.75, 3.05) is 19.5 Å². The maximum atomic E-state index is 12.1. The van der Waals surface area contributed by atoms with E-state index in [9.17, 15) is 4.79 Å². The third-order valence-corrected chi connectivity index (χ3v) is 3.73. The molecule has 1 amide bonds. The maximum absolute atomic E-state index is 12.1. The number of rotatable bonds is 7. The number of carbonyl (C=O) groups excluding carboxylic acids is 1. The monoisotopic (exact) mass is 353 g/mol. The Labute approximate surface area is 150 Å². The van der Waals surface area contributed by atoms with Gasteiger partial charge < -0.3 is 9.47 Å². The second-order valence-electron chi connectivity index (χ2n) is 5.44. The second kappa shape index (κ2) is 8.11. The first-order valence-corrected chi connectivity index (χ1v) is 8.04. The van der Waals surface area contributed by atoms with Crippen molar-refractivity contribution in [2.45, 2.75) is 12.8 Å². The Morgan fingerprint density at radius 3 is 2.81 bits per heavy atom. The lowest BCUT2D eigenvalue weighted by molar-refractivity contribution is -0.116. The SMILES string of the molecule is COc1ccc(-c2nc(NC(=O)CCc3ccccn3)n[nH]2)c(OC)c1. The molecule has 8 heteroatoms. The summed E-state index contributed by atoms with van der Waals surface area (Å²) in [5.74, 6) is 1.79. The number of benzene rings is 1. The van der Waals surface area contributed by atoms with E-state index in [4.69, 9.17) is 9.47 Å². The highest BCUT2D eigenvalue weighted by Crippen LogP contribution is 2.31. The summed E-state index contributed by atoms with van der Waals surface area (Å²) in [6, 6.07) is 11.0. The summed E-state index contributed by atoms with van der Waals surface area (Å²) >= 11 is 0. The molecule has 0 atom stereocenters. The van der Waals surface area contributed by atoms with Crippen LogP contribution in [0.5, 0.6) is 11.5 Å². The van der Waals surface area contributed by atoms with Crippen molar-refractivity contribution in [1.29, 1.82) is 0 Å². The van der Waals surface area contributed by atoms with E-state index in [0.717, 1.165) is 11.3 Å². The molecule has 0 bridgehead atoms. The number of ether oxygens (including phenoxy) is 2. The van der Waals surface area contributed by atoms with E-state index in [2.05, 4.69) is 25.5 Å². The molecule has 8 nitrogen and oxygen atoms in total. The lowest BCUT2D eigenvalue weighted by Crippen LogP contribution is -2.13. The molecule has 0 saturated heterocycles. The summed E-state index contributed by atoms with van der Waals surface area (Å²) in [4.78, 5) is 20.6. The Balaban J connectivity index is 1.65. The molecule has 26 heavy (non-hydrogen) atoms. The fraction of sp³-hybridized carbons (Fsp3) is 0.222. The quantitative estimate of drug-likeness (QED) is 0.676. The maximum Gasteiger partial charge on any atom is 0.249 e. The van der Waals surface area contributed by atoms with Crippen molar-refractivity contribution in [1.82, 2.24) is 20.2 Å². The number of aryl methyl sites for hydroxylation is 1. The van der Waals surface area contributed by atoms with Gasteiger partial charge in [0.15, 0.2) is 5.82 Å². The molecule has 0 radical (unpaired) electrons. The number of anilines is 1. The molecule has 0 saturated carbocycles. The van der Waals surface area contributed by atoms with E-state index in [1.807, 2.05) is 24.3 Å². The molecule has 0 aliphatic rings. The highest BCUT2D eigenvalue weighted by Gasteiger charge is 2.13. The Kier molecular flexibility index (Phi) is 5.43. The fourth-order valence-corrected chi connectivity index (χ4v) is 2.41. The molecule has 2 N–H and O–H groups in total. The van der Waals surface area contributed by atoms with E-state index in [0.29, 0.717) is 30.2 Å². The Bertz CT molecular complexity index is 880. The topological polar surface area (TPSA) is 102 Å². The van der Waals surface area contributed by atoms with Crippen molar-refractivity contribution in [2.24, 2.45) is 0 Å². The Hall–Kier alpha value is -3.42. The Morgan fingerprint density at radius 2 is 2.08 bits per heavy atom. The molecule has 0 unspecified atom stereocenters. The van der Waals surface area contributed by atoms with Crippen LogP contribution in [-0.4, -0.2) is 40.3 Å². The van der Waals surface area contributed by atoms with Crippen LogP contribution >= 0.6 is 0 Å². The van der Waals surface area contributed by atoms with Gasteiger partial charge in [0, 0.05) is 24.4 Å². The average Bonchev–Trinajstić information content (AvgIpc) is 3.14. The normalized spacial score (nSPS) is 10.4. The number of H-pyrrole nitrogens is 1. The van der Waals surface area contributed by atoms with E-state index in [1.54, 1.807) is 32.5 Å². The van der Waals surface area contributed by atoms with Gasteiger partial charge in [-0.05, 0) is 30.7 Å². The molecule has 134 valence electrons. The third-order valence-electron chi connectivity index (χ3n) is 3.73. The molecule has 0 fully saturated rings. The number of methoxy groups -OCH3 is 2. The van der Waals surface area contributed by atoms with Crippen molar-refractivity contribution in [3.63, 3.8) is 0 Å². The molecule has 2 aromatic heterocycles. The minimum absolute atomic E-state index is 0.178. The lowest BCUT2D eigenvalue weighted by atomic mass is 10.2. The van der Waals surface area contributed by atoms with Gasteiger partial charge in [-0.2, -0.15) is 4.98 Å². The number of pyridine rings is 1. The minimum Gasteiger partial charge on any atom is -0.497 e. The summed E-state index contributed by atoms with van der Waals surface area (Å²) in [5.41, 5.74) is 1.58. The molecule has 0 spiro atoms. The fourth-order valence-electron chi connectivity index (χ4n) is 2.41. The molecule has 3 aromatic rings. The van der Waals surface area contributed by atoms with Crippen molar-refractivity contribution >= 4 is 11.9 Å². The van der Waals surface area contributed by atoms with Crippen molar-refractivity contribution in [3.8, 4) is 22.9 Å². The van der Waals surface area contributed by atoms with Crippen LogP contribution < -0.4 is 14.8 Å². The zero-order valence-electron chi connectivity index (χ0n) is 14.5. The van der Waals surface area contributed by atoms with Crippen LogP contribution in [0.1, 0.15) is 12.1 Å². The molecule has 1 aromatic carbocycles. The molecule has 3 rings (SSSR count). The predicted octanol–water partition coefficient (Wildman–Crippen LogP) is 2.46. The number of amides is 1. The summed E-state index contributed by atoms with van der Waals surface area (Å²) in [6.45, 7) is 0. The van der Waals surface area contributed by atoms with Gasteiger partial charge in [0.05, 0.1) is 19.8 Å². The van der Waals surface area contributed by atoms with Gasteiger partial charge in [-0.1, -0.05) is 6.07 Å². The van der Waals surface area contributed by atoms with Crippen LogP contribution in [0.4, 0.5) is 5.95 Å². The second-order valence-corrected chi connectivity index (χ2v) is 5.44. The lowest BCUT2D eigenvalue weighted by Gasteiger charge is -2.07. The van der Waals surface area contributed by atoms with Gasteiger partial charge in [0.2, 0.25) is 11.9 Å². The Morgan fingerprint density at radius 1 is 1.19 bits per heavy atom. The van der Waals surface area contributed by atoms with Gasteiger partial charge in [-0.15, -0.1) is 5.10 Å². The number of aromatic nitrogens is 4. The van der Waals surface area contributed by atoms with Gasteiger partial charge >= 0.3 is 0 Å². The summed E-state index contributed by atoms with van der Waals surface area (Å²) in [6.07, 6.45) is 2.56. The molecular formula is C18H19N5O3. The molecular weight excluding hydrogens is 334 g/mol. The summed E-state index contributed by atoms with van der Waals surface area (Å²) in [7, 11) is 3.15. The van der Waals surface area contributed by atoms with Gasteiger partial charge in [-0.3, -0.25) is 20.2 Å². The van der Waals surface area contributed by atoms with Crippen LogP contribution in [0.25, 0.3) is 11.4 Å². The van der Waals surface area contributed by atoms with Crippen molar-refractivity contribution in [3.05, 3.63) is 48.3 Å².